The zero-order chi connectivity index (χ0) is 12.4. The van der Waals surface area contributed by atoms with Crippen molar-refractivity contribution in [3.63, 3.8) is 0 Å². The number of ether oxygens (including phenoxy) is 1. The number of hydrogen-bond donors (Lipinski definition) is 5. The van der Waals surface area contributed by atoms with Crippen molar-refractivity contribution >= 4 is 5.69 Å². The molecule has 0 spiro atoms. The molecule has 1 saturated heterocycles. The van der Waals surface area contributed by atoms with E-state index in [1.165, 1.54) is 12.1 Å². The highest BCUT2D eigenvalue weighted by molar-refractivity contribution is 5.46. The normalized spacial score (nSPS) is 33.4. The molecule has 0 bridgehead atoms. The zero-order valence-electron chi connectivity index (χ0n) is 9.02. The molecule has 0 aliphatic carbocycles. The predicted molar refractivity (Wildman–Crippen MR) is 59.5 cm³/mol. The molecular weight excluding hydrogens is 226 g/mol. The minimum atomic E-state index is -1.24. The standard InChI is InChI=1S/C11H15NO5/c13-7-3-1-6(2-4-7)12-11-10(16)9(15)8(14)5-17-11/h1-4,8-16H,5H2/t8-,9+,10-,11-/m1/s1. The summed E-state index contributed by atoms with van der Waals surface area (Å²) in [6.07, 6.45) is -4.33. The molecule has 94 valence electrons. The number of aliphatic hydroxyl groups is 3. The van der Waals surface area contributed by atoms with E-state index in [1.54, 1.807) is 12.1 Å². The lowest BCUT2D eigenvalue weighted by Gasteiger charge is -2.35. The number of phenols is 1. The highest BCUT2D eigenvalue weighted by Crippen LogP contribution is 2.20. The van der Waals surface area contributed by atoms with Crippen LogP contribution in [-0.2, 0) is 4.74 Å². The van der Waals surface area contributed by atoms with Crippen LogP contribution < -0.4 is 5.32 Å². The maximum atomic E-state index is 9.68. The van der Waals surface area contributed by atoms with Crippen molar-refractivity contribution in [2.75, 3.05) is 11.9 Å². The molecule has 5 N–H and O–H groups in total. The third kappa shape index (κ3) is 2.67. The molecule has 17 heavy (non-hydrogen) atoms. The van der Waals surface area contributed by atoms with Crippen molar-refractivity contribution in [3.05, 3.63) is 24.3 Å². The fourth-order valence-corrected chi connectivity index (χ4v) is 1.66. The summed E-state index contributed by atoms with van der Waals surface area (Å²) in [5, 5.41) is 40.4. The molecule has 6 heteroatoms. The van der Waals surface area contributed by atoms with Crippen molar-refractivity contribution in [2.24, 2.45) is 0 Å². The molecule has 1 fully saturated rings. The molecule has 0 aromatic heterocycles. The van der Waals surface area contributed by atoms with E-state index in [-0.39, 0.29) is 12.4 Å². The maximum absolute atomic E-state index is 9.68. The molecule has 1 heterocycles. The monoisotopic (exact) mass is 241 g/mol. The van der Waals surface area contributed by atoms with Crippen molar-refractivity contribution in [2.45, 2.75) is 24.5 Å². The second kappa shape index (κ2) is 4.89. The van der Waals surface area contributed by atoms with Crippen molar-refractivity contribution < 1.29 is 25.2 Å². The average molecular weight is 241 g/mol. The topological polar surface area (TPSA) is 102 Å². The third-order valence-electron chi connectivity index (χ3n) is 2.68. The van der Waals surface area contributed by atoms with E-state index >= 15 is 0 Å². The van der Waals surface area contributed by atoms with E-state index in [4.69, 9.17) is 9.84 Å². The summed E-state index contributed by atoms with van der Waals surface area (Å²) >= 11 is 0. The van der Waals surface area contributed by atoms with Gasteiger partial charge in [-0.05, 0) is 24.3 Å². The fraction of sp³-hybridized carbons (Fsp3) is 0.455. The SMILES string of the molecule is Oc1ccc(N[C@@H]2OC[C@@H](O)[C@H](O)[C@H]2O)cc1. The van der Waals surface area contributed by atoms with Gasteiger partial charge in [-0.3, -0.25) is 0 Å². The minimum absolute atomic E-state index is 0.0476. The van der Waals surface area contributed by atoms with E-state index in [9.17, 15) is 15.3 Å². The smallest absolute Gasteiger partial charge is 0.156 e. The van der Waals surface area contributed by atoms with Gasteiger partial charge in [0.05, 0.1) is 6.61 Å². The lowest BCUT2D eigenvalue weighted by atomic mass is 10.0. The Bertz CT molecular complexity index is 369. The lowest BCUT2D eigenvalue weighted by molar-refractivity contribution is -0.178. The number of rotatable bonds is 2. The van der Waals surface area contributed by atoms with Gasteiger partial charge in [-0.25, -0.2) is 0 Å². The molecule has 6 nitrogen and oxygen atoms in total. The summed E-state index contributed by atoms with van der Waals surface area (Å²) in [5.41, 5.74) is 0.635. The van der Waals surface area contributed by atoms with Gasteiger partial charge in [0.1, 0.15) is 24.1 Å². The molecule has 0 unspecified atom stereocenters. The highest BCUT2D eigenvalue weighted by Gasteiger charge is 2.37. The number of aromatic hydroxyl groups is 1. The first-order chi connectivity index (χ1) is 8.08. The third-order valence-corrected chi connectivity index (χ3v) is 2.68. The molecule has 1 aromatic rings. The van der Waals surface area contributed by atoms with Gasteiger partial charge in [-0.1, -0.05) is 0 Å². The van der Waals surface area contributed by atoms with Crippen LogP contribution in [0.4, 0.5) is 5.69 Å². The Kier molecular flexibility index (Phi) is 3.49. The van der Waals surface area contributed by atoms with Crippen molar-refractivity contribution in [1.29, 1.82) is 0 Å². The van der Waals surface area contributed by atoms with Crippen LogP contribution in [0.5, 0.6) is 5.75 Å². The lowest BCUT2D eigenvalue weighted by Crippen LogP contribution is -2.55. The first kappa shape index (κ1) is 12.1. The Morgan fingerprint density at radius 1 is 1.06 bits per heavy atom. The van der Waals surface area contributed by atoms with E-state index in [1.807, 2.05) is 0 Å². The van der Waals surface area contributed by atoms with Gasteiger partial charge in [-0.2, -0.15) is 0 Å². The predicted octanol–water partition coefficient (Wildman–Crippen LogP) is -0.757. The largest absolute Gasteiger partial charge is 0.508 e. The second-order valence-electron chi connectivity index (χ2n) is 3.99. The second-order valence-corrected chi connectivity index (χ2v) is 3.99. The van der Waals surface area contributed by atoms with Crippen LogP contribution in [0.3, 0.4) is 0 Å². The van der Waals surface area contributed by atoms with Gasteiger partial charge < -0.3 is 30.5 Å². The number of benzene rings is 1. The van der Waals surface area contributed by atoms with Gasteiger partial charge in [-0.15, -0.1) is 0 Å². The van der Waals surface area contributed by atoms with Crippen LogP contribution in [0.1, 0.15) is 0 Å². The van der Waals surface area contributed by atoms with Crippen LogP contribution in [0.25, 0.3) is 0 Å². The number of phenolic OH excluding ortho intramolecular Hbond substituents is 1. The number of aliphatic hydroxyl groups excluding tert-OH is 3. The molecule has 0 amide bonds. The maximum Gasteiger partial charge on any atom is 0.156 e. The van der Waals surface area contributed by atoms with Crippen molar-refractivity contribution in [3.8, 4) is 5.75 Å². The number of hydrogen-bond acceptors (Lipinski definition) is 6. The quantitative estimate of drug-likeness (QED) is 0.436. The summed E-state index contributed by atoms with van der Waals surface area (Å²) in [5.74, 6) is 0.135. The van der Waals surface area contributed by atoms with E-state index in [2.05, 4.69) is 5.32 Å². The summed E-state index contributed by atoms with van der Waals surface area (Å²) < 4.78 is 5.17. The van der Waals surface area contributed by atoms with E-state index < -0.39 is 24.5 Å². The molecular formula is C11H15NO5. The molecule has 4 atom stereocenters. The first-order valence-corrected chi connectivity index (χ1v) is 5.29. The molecule has 1 aliphatic heterocycles. The molecule has 2 rings (SSSR count). The van der Waals surface area contributed by atoms with Crippen LogP contribution in [0.2, 0.25) is 0 Å². The average Bonchev–Trinajstić information content (AvgIpc) is 2.33. The Labute approximate surface area is 98.1 Å². The molecule has 1 aromatic carbocycles. The summed E-state index contributed by atoms with van der Waals surface area (Å²) in [6, 6.07) is 6.21. The molecule has 0 saturated carbocycles. The Morgan fingerprint density at radius 3 is 2.35 bits per heavy atom. The Morgan fingerprint density at radius 2 is 1.71 bits per heavy atom. The highest BCUT2D eigenvalue weighted by atomic mass is 16.5. The molecule has 1 aliphatic rings. The van der Waals surface area contributed by atoms with Crippen LogP contribution in [0, 0.1) is 0 Å². The van der Waals surface area contributed by atoms with Gasteiger partial charge in [0, 0.05) is 5.69 Å². The van der Waals surface area contributed by atoms with Gasteiger partial charge in [0.2, 0.25) is 0 Å². The number of nitrogens with one attached hydrogen (secondary N) is 1. The van der Waals surface area contributed by atoms with Crippen LogP contribution >= 0.6 is 0 Å². The van der Waals surface area contributed by atoms with E-state index in [0.717, 1.165) is 0 Å². The fourth-order valence-electron chi connectivity index (χ4n) is 1.66. The van der Waals surface area contributed by atoms with Gasteiger partial charge in [0.15, 0.2) is 6.23 Å². The van der Waals surface area contributed by atoms with Crippen LogP contribution in [0.15, 0.2) is 24.3 Å². The number of anilines is 1. The minimum Gasteiger partial charge on any atom is -0.508 e. The zero-order valence-corrected chi connectivity index (χ0v) is 9.02. The Hall–Kier alpha value is -1.34. The summed E-state index contributed by atoms with van der Waals surface area (Å²) in [7, 11) is 0. The summed E-state index contributed by atoms with van der Waals surface area (Å²) in [6.45, 7) is -0.0476. The van der Waals surface area contributed by atoms with Gasteiger partial charge >= 0.3 is 0 Å². The summed E-state index contributed by atoms with van der Waals surface area (Å²) in [4.78, 5) is 0. The van der Waals surface area contributed by atoms with Crippen LogP contribution in [-0.4, -0.2) is 51.6 Å². The Balaban J connectivity index is 2.01. The first-order valence-electron chi connectivity index (χ1n) is 5.29. The van der Waals surface area contributed by atoms with Crippen molar-refractivity contribution in [1.82, 2.24) is 0 Å². The van der Waals surface area contributed by atoms with Gasteiger partial charge in [0.25, 0.3) is 0 Å². The van der Waals surface area contributed by atoms with E-state index in [0.29, 0.717) is 5.69 Å². The molecule has 0 radical (unpaired) electrons.